The maximum atomic E-state index is 11.9. The van der Waals surface area contributed by atoms with E-state index in [-0.39, 0.29) is 25.2 Å². The summed E-state index contributed by atoms with van der Waals surface area (Å²) in [6.45, 7) is 2.18. The van der Waals surface area contributed by atoms with Crippen LogP contribution in [0.5, 0.6) is 0 Å². The summed E-state index contributed by atoms with van der Waals surface area (Å²) in [7, 11) is -3.11. The molecule has 0 aliphatic rings. The maximum Gasteiger partial charge on any atom is 0.349 e. The average Bonchev–Trinajstić information content (AvgIpc) is 2.59. The Morgan fingerprint density at radius 3 is 2.56 bits per heavy atom. The Morgan fingerprint density at radius 2 is 2.00 bits per heavy atom. The number of rotatable bonds is 13. The first-order valence-corrected chi connectivity index (χ1v) is 10.9. The molecule has 10 heteroatoms. The number of methoxy groups -OCH3 is 1. The molecule has 27 heavy (non-hydrogen) atoms. The van der Waals surface area contributed by atoms with Crippen molar-refractivity contribution in [1.82, 2.24) is 9.55 Å². The van der Waals surface area contributed by atoms with E-state index in [1.54, 1.807) is 0 Å². The molecule has 0 aromatic carbocycles. The van der Waals surface area contributed by atoms with Crippen LogP contribution in [0.3, 0.4) is 0 Å². The predicted octanol–water partition coefficient (Wildman–Crippen LogP) is 1.85. The second-order valence-corrected chi connectivity index (χ2v) is 8.79. The number of hydrogen-bond acceptors (Lipinski definition) is 6. The number of aryl methyl sites for hydroxylation is 1. The molecule has 0 saturated heterocycles. The normalized spacial score (nSPS) is 15.4. The van der Waals surface area contributed by atoms with E-state index >= 15 is 0 Å². The molecule has 5 N–H and O–H groups in total. The van der Waals surface area contributed by atoms with Crippen LogP contribution < -0.4 is 11.4 Å². The summed E-state index contributed by atoms with van der Waals surface area (Å²) in [6, 6.07) is 1.46. The third-order valence-electron chi connectivity index (χ3n) is 4.69. The smallest absolute Gasteiger partial charge is 0.349 e. The van der Waals surface area contributed by atoms with Gasteiger partial charge in [-0.25, -0.2) is 4.79 Å². The standard InChI is InChI=1S/C17H32N3O6P/c1-3-4-5-6-7-8-14(27(23,24)25)13-17(22,26-2)10-12-20-11-9-15(18)19-16(20)21/h9,11,14,22H,3-8,10,12-13H2,1-2H3,(H2,18,19,21)(H2,23,24,25)/t14?,17-/m0/s1. The van der Waals surface area contributed by atoms with Gasteiger partial charge in [0.25, 0.3) is 0 Å². The number of nitrogen functional groups attached to an aromatic ring is 1. The van der Waals surface area contributed by atoms with Gasteiger partial charge in [-0.1, -0.05) is 39.0 Å². The van der Waals surface area contributed by atoms with Crippen molar-refractivity contribution in [1.29, 1.82) is 0 Å². The van der Waals surface area contributed by atoms with E-state index in [0.717, 1.165) is 25.7 Å². The van der Waals surface area contributed by atoms with Crippen molar-refractivity contribution in [2.75, 3.05) is 12.8 Å². The third kappa shape index (κ3) is 8.53. The summed E-state index contributed by atoms with van der Waals surface area (Å²) >= 11 is 0. The molecule has 1 aromatic rings. The lowest BCUT2D eigenvalue weighted by Gasteiger charge is -2.31. The first-order chi connectivity index (χ1) is 12.6. The number of anilines is 1. The van der Waals surface area contributed by atoms with Crippen molar-refractivity contribution >= 4 is 13.4 Å². The van der Waals surface area contributed by atoms with Gasteiger partial charge in [-0.05, 0) is 12.5 Å². The fourth-order valence-electron chi connectivity index (χ4n) is 2.94. The summed E-state index contributed by atoms with van der Waals surface area (Å²) < 4.78 is 18.3. The summed E-state index contributed by atoms with van der Waals surface area (Å²) in [4.78, 5) is 34.7. The molecule has 1 rings (SSSR count). The van der Waals surface area contributed by atoms with E-state index in [1.807, 2.05) is 0 Å². The van der Waals surface area contributed by atoms with Crippen molar-refractivity contribution in [2.24, 2.45) is 0 Å². The van der Waals surface area contributed by atoms with Crippen molar-refractivity contribution in [3.05, 3.63) is 22.7 Å². The Bertz CT molecular complexity index is 677. The van der Waals surface area contributed by atoms with Crippen molar-refractivity contribution in [3.63, 3.8) is 0 Å². The molecule has 1 unspecified atom stereocenters. The Balaban J connectivity index is 2.73. The molecule has 0 aliphatic heterocycles. The Labute approximate surface area is 159 Å². The number of hydrogen-bond donors (Lipinski definition) is 4. The lowest BCUT2D eigenvalue weighted by Crippen LogP contribution is -2.38. The third-order valence-corrected chi connectivity index (χ3v) is 6.08. The van der Waals surface area contributed by atoms with E-state index in [9.17, 15) is 24.3 Å². The van der Waals surface area contributed by atoms with Gasteiger partial charge in [-0.3, -0.25) is 9.13 Å². The average molecular weight is 405 g/mol. The van der Waals surface area contributed by atoms with Gasteiger partial charge in [0.2, 0.25) is 0 Å². The predicted molar refractivity (Wildman–Crippen MR) is 103 cm³/mol. The molecule has 2 atom stereocenters. The van der Waals surface area contributed by atoms with Gasteiger partial charge >= 0.3 is 13.3 Å². The zero-order valence-corrected chi connectivity index (χ0v) is 17.0. The molecule has 1 heterocycles. The molecule has 0 aliphatic carbocycles. The Morgan fingerprint density at radius 1 is 1.33 bits per heavy atom. The lowest BCUT2D eigenvalue weighted by atomic mass is 10.0. The highest BCUT2D eigenvalue weighted by Gasteiger charge is 2.38. The van der Waals surface area contributed by atoms with Crippen LogP contribution in [0.1, 0.15) is 58.3 Å². The molecule has 0 radical (unpaired) electrons. The summed E-state index contributed by atoms with van der Waals surface area (Å²) in [5, 5.41) is 10.7. The summed E-state index contributed by atoms with van der Waals surface area (Å²) in [6.07, 6.45) is 6.31. The van der Waals surface area contributed by atoms with Crippen molar-refractivity contribution in [3.8, 4) is 0 Å². The number of nitrogens with zero attached hydrogens (tertiary/aromatic N) is 2. The van der Waals surface area contributed by atoms with Gasteiger partial charge in [-0.2, -0.15) is 4.98 Å². The van der Waals surface area contributed by atoms with E-state index < -0.39 is 24.7 Å². The number of aliphatic hydroxyl groups is 1. The highest BCUT2D eigenvalue weighted by atomic mass is 31.2. The molecule has 9 nitrogen and oxygen atoms in total. The van der Waals surface area contributed by atoms with Crippen molar-refractivity contribution in [2.45, 2.75) is 76.3 Å². The molecule has 0 amide bonds. The minimum Gasteiger partial charge on any atom is -0.383 e. The molecule has 0 spiro atoms. The van der Waals surface area contributed by atoms with Crippen LogP contribution in [0, 0.1) is 0 Å². The van der Waals surface area contributed by atoms with Gasteiger partial charge in [0.15, 0.2) is 5.79 Å². The van der Waals surface area contributed by atoms with Gasteiger partial charge in [-0.15, -0.1) is 0 Å². The van der Waals surface area contributed by atoms with Crippen LogP contribution >= 0.6 is 7.60 Å². The fourth-order valence-corrected chi connectivity index (χ4v) is 3.98. The van der Waals surface area contributed by atoms with Crippen LogP contribution in [0.15, 0.2) is 17.1 Å². The number of ether oxygens (including phenoxy) is 1. The Hall–Kier alpha value is -1.25. The van der Waals surface area contributed by atoms with E-state index in [4.69, 9.17) is 10.5 Å². The maximum absolute atomic E-state index is 11.9. The van der Waals surface area contributed by atoms with E-state index in [0.29, 0.717) is 12.8 Å². The quantitative estimate of drug-likeness (QED) is 0.221. The Kier molecular flexibility index (Phi) is 9.62. The second kappa shape index (κ2) is 10.9. The summed E-state index contributed by atoms with van der Waals surface area (Å²) in [5.74, 6) is -1.65. The first kappa shape index (κ1) is 23.8. The molecule has 0 fully saturated rings. The molecule has 0 saturated carbocycles. The SMILES string of the molecule is CCCCCCCC(C[C@](O)(CCn1ccc(N)nc1=O)OC)P(=O)(O)O. The molecular formula is C17H32N3O6P. The van der Waals surface area contributed by atoms with Gasteiger partial charge in [0.05, 0.1) is 5.66 Å². The van der Waals surface area contributed by atoms with Crippen LogP contribution in [0.25, 0.3) is 0 Å². The van der Waals surface area contributed by atoms with Crippen LogP contribution in [-0.4, -0.2) is 43.0 Å². The minimum atomic E-state index is -4.39. The monoisotopic (exact) mass is 405 g/mol. The first-order valence-electron chi connectivity index (χ1n) is 9.27. The number of nitrogens with two attached hydrogens (primary N) is 1. The fraction of sp³-hybridized carbons (Fsp3) is 0.765. The molecule has 156 valence electrons. The highest BCUT2D eigenvalue weighted by molar-refractivity contribution is 7.52. The lowest BCUT2D eigenvalue weighted by molar-refractivity contribution is -0.196. The van der Waals surface area contributed by atoms with E-state index in [1.165, 1.54) is 23.9 Å². The number of unbranched alkanes of at least 4 members (excludes halogenated alkanes) is 4. The summed E-state index contributed by atoms with van der Waals surface area (Å²) in [5.41, 5.74) is 3.89. The molecule has 1 aromatic heterocycles. The largest absolute Gasteiger partial charge is 0.383 e. The van der Waals surface area contributed by atoms with Gasteiger partial charge < -0.3 is 25.4 Å². The van der Waals surface area contributed by atoms with Gasteiger partial charge in [0.1, 0.15) is 5.82 Å². The van der Waals surface area contributed by atoms with Crippen LogP contribution in [0.2, 0.25) is 0 Å². The van der Waals surface area contributed by atoms with E-state index in [2.05, 4.69) is 11.9 Å². The zero-order valence-electron chi connectivity index (χ0n) is 16.1. The molecular weight excluding hydrogens is 373 g/mol. The topological polar surface area (TPSA) is 148 Å². The molecule has 0 bridgehead atoms. The second-order valence-electron chi connectivity index (χ2n) is 6.88. The number of aromatic nitrogens is 2. The highest BCUT2D eigenvalue weighted by Crippen LogP contribution is 2.47. The van der Waals surface area contributed by atoms with Gasteiger partial charge in [0, 0.05) is 32.7 Å². The van der Waals surface area contributed by atoms with Crippen molar-refractivity contribution < 1.29 is 24.2 Å². The van der Waals surface area contributed by atoms with Crippen LogP contribution in [0.4, 0.5) is 5.82 Å². The van der Waals surface area contributed by atoms with Crippen LogP contribution in [-0.2, 0) is 15.8 Å². The zero-order chi connectivity index (χ0) is 20.5. The minimum absolute atomic E-state index is 0.0126.